The molecule has 4 N–H and O–H groups in total. The average molecular weight is 389 g/mol. The van der Waals surface area contributed by atoms with E-state index in [-0.39, 0.29) is 11.8 Å². The zero-order chi connectivity index (χ0) is 18.2. The number of hydrogen-bond donors (Lipinski definition) is 4. The van der Waals surface area contributed by atoms with Crippen LogP contribution in [0.1, 0.15) is 27.2 Å². The summed E-state index contributed by atoms with van der Waals surface area (Å²) in [5.41, 5.74) is 0. The van der Waals surface area contributed by atoms with E-state index in [9.17, 15) is 20.4 Å². The van der Waals surface area contributed by atoms with Crippen LogP contribution < -0.4 is 0 Å². The number of ether oxygens (including phenoxy) is 3. The second-order valence-electron chi connectivity index (χ2n) is 6.92. The number of rotatable bonds is 5. The first-order chi connectivity index (χ1) is 11.1. The molecule has 2 aliphatic heterocycles. The van der Waals surface area contributed by atoms with Gasteiger partial charge in [-0.1, -0.05) is 13.8 Å². The molecule has 0 spiro atoms. The molecule has 2 fully saturated rings. The molecule has 0 aromatic heterocycles. The zero-order valence-electron chi connectivity index (χ0n) is 13.9. The van der Waals surface area contributed by atoms with Gasteiger partial charge in [0.25, 0.3) is 0 Å². The third kappa shape index (κ3) is 3.84. The van der Waals surface area contributed by atoms with Gasteiger partial charge in [-0.25, -0.2) is 0 Å². The lowest BCUT2D eigenvalue weighted by atomic mass is 9.95. The van der Waals surface area contributed by atoms with E-state index in [4.69, 9.17) is 37.4 Å². The maximum atomic E-state index is 10.2. The molecule has 0 saturated carbocycles. The third-order valence-corrected chi connectivity index (χ3v) is 5.38. The van der Waals surface area contributed by atoms with Gasteiger partial charge in [-0.3, -0.25) is 0 Å². The second kappa shape index (κ2) is 7.90. The molecule has 0 bridgehead atoms. The van der Waals surface area contributed by atoms with Crippen molar-refractivity contribution in [3.8, 4) is 0 Å². The molecule has 7 nitrogen and oxygen atoms in total. The van der Waals surface area contributed by atoms with E-state index in [1.807, 2.05) is 13.8 Å². The first-order valence-corrected chi connectivity index (χ1v) is 9.03. The van der Waals surface area contributed by atoms with Gasteiger partial charge < -0.3 is 34.6 Å². The molecule has 24 heavy (non-hydrogen) atoms. The molecule has 3 unspecified atom stereocenters. The molecule has 0 aromatic carbocycles. The normalized spacial score (nSPS) is 49.8. The Morgan fingerprint density at radius 2 is 1.75 bits per heavy atom. The Bertz CT molecular complexity index is 427. The molecule has 0 radical (unpaired) electrons. The van der Waals surface area contributed by atoms with Crippen LogP contribution in [0.15, 0.2) is 0 Å². The smallest absolute Gasteiger partial charge is 0.214 e. The summed E-state index contributed by atoms with van der Waals surface area (Å²) in [6, 6.07) is 0. The first kappa shape index (κ1) is 20.6. The summed E-state index contributed by atoms with van der Waals surface area (Å²) in [6.45, 7) is 5.51. The Morgan fingerprint density at radius 1 is 1.12 bits per heavy atom. The second-order valence-corrected chi connectivity index (χ2v) is 7.69. The lowest BCUT2D eigenvalue weighted by Crippen LogP contribution is -2.60. The quantitative estimate of drug-likeness (QED) is 0.497. The van der Waals surface area contributed by atoms with E-state index in [1.54, 1.807) is 6.92 Å². The Hall–Kier alpha value is 0.300. The highest BCUT2D eigenvalue weighted by atomic mass is 35.5. The molecule has 2 rings (SSSR count). The minimum absolute atomic E-state index is 0.247. The van der Waals surface area contributed by atoms with Crippen molar-refractivity contribution in [1.29, 1.82) is 0 Å². The van der Waals surface area contributed by atoms with Crippen molar-refractivity contribution in [3.05, 3.63) is 0 Å². The van der Waals surface area contributed by atoms with Gasteiger partial charge in [-0.15, -0.1) is 23.2 Å². The van der Waals surface area contributed by atoms with E-state index in [1.165, 1.54) is 0 Å². The van der Waals surface area contributed by atoms with Crippen molar-refractivity contribution in [2.75, 3.05) is 5.88 Å². The van der Waals surface area contributed by atoms with Gasteiger partial charge in [0.05, 0.1) is 23.5 Å². The van der Waals surface area contributed by atoms with Crippen LogP contribution in [0.2, 0.25) is 0 Å². The number of aliphatic hydroxyl groups excluding tert-OH is 4. The predicted molar refractivity (Wildman–Crippen MR) is 86.9 cm³/mol. The van der Waals surface area contributed by atoms with Gasteiger partial charge in [0.2, 0.25) is 5.79 Å². The van der Waals surface area contributed by atoms with Crippen molar-refractivity contribution >= 4 is 23.2 Å². The van der Waals surface area contributed by atoms with Crippen molar-refractivity contribution in [2.24, 2.45) is 5.92 Å². The summed E-state index contributed by atoms with van der Waals surface area (Å²) in [7, 11) is 0. The minimum atomic E-state index is -1.74. The van der Waals surface area contributed by atoms with Gasteiger partial charge in [0.1, 0.15) is 24.4 Å². The van der Waals surface area contributed by atoms with Crippen LogP contribution in [-0.2, 0) is 14.2 Å². The fourth-order valence-electron chi connectivity index (χ4n) is 3.05. The lowest BCUT2D eigenvalue weighted by Gasteiger charge is -2.44. The number of hydrogen-bond acceptors (Lipinski definition) is 7. The fraction of sp³-hybridized carbons (Fsp3) is 1.00. The topological polar surface area (TPSA) is 109 Å². The van der Waals surface area contributed by atoms with E-state index in [2.05, 4.69) is 0 Å². The summed E-state index contributed by atoms with van der Waals surface area (Å²) in [5.74, 6) is -1.79. The maximum Gasteiger partial charge on any atom is 0.214 e. The summed E-state index contributed by atoms with van der Waals surface area (Å²) >= 11 is 12.1. The molecule has 0 aromatic rings. The van der Waals surface area contributed by atoms with Crippen LogP contribution in [-0.4, -0.2) is 80.4 Å². The molecular formula is C15H26Cl2O7. The Kier molecular flexibility index (Phi) is 6.78. The Labute approximate surface area is 151 Å². The van der Waals surface area contributed by atoms with Crippen molar-refractivity contribution in [1.82, 2.24) is 0 Å². The number of halogens is 2. The van der Waals surface area contributed by atoms with Crippen molar-refractivity contribution in [3.63, 3.8) is 0 Å². The lowest BCUT2D eigenvalue weighted by molar-refractivity contribution is -0.357. The molecule has 2 saturated heterocycles. The minimum Gasteiger partial charge on any atom is -0.389 e. The summed E-state index contributed by atoms with van der Waals surface area (Å²) in [5, 5.41) is 39.7. The van der Waals surface area contributed by atoms with Gasteiger partial charge in [0, 0.05) is 0 Å². The summed E-state index contributed by atoms with van der Waals surface area (Å²) in [4.78, 5) is 0. The largest absolute Gasteiger partial charge is 0.389 e. The highest BCUT2D eigenvalue weighted by Gasteiger charge is 2.57. The third-order valence-electron chi connectivity index (χ3n) is 4.47. The van der Waals surface area contributed by atoms with E-state index >= 15 is 0 Å². The Morgan fingerprint density at radius 3 is 2.21 bits per heavy atom. The molecule has 0 aliphatic carbocycles. The molecule has 9 heteroatoms. The van der Waals surface area contributed by atoms with Gasteiger partial charge in [0.15, 0.2) is 6.29 Å². The molecule has 2 heterocycles. The van der Waals surface area contributed by atoms with Gasteiger partial charge >= 0.3 is 0 Å². The first-order valence-electron chi connectivity index (χ1n) is 8.06. The fourth-order valence-corrected chi connectivity index (χ4v) is 3.65. The van der Waals surface area contributed by atoms with E-state index in [0.717, 1.165) is 0 Å². The highest BCUT2D eigenvalue weighted by molar-refractivity contribution is 6.21. The monoisotopic (exact) mass is 388 g/mol. The molecule has 142 valence electrons. The van der Waals surface area contributed by atoms with Crippen LogP contribution in [0.25, 0.3) is 0 Å². The molecular weight excluding hydrogens is 363 g/mol. The van der Waals surface area contributed by atoms with E-state index < -0.39 is 54.1 Å². The summed E-state index contributed by atoms with van der Waals surface area (Å²) in [6.07, 6.45) is -7.35. The average Bonchev–Trinajstić information content (AvgIpc) is 2.74. The summed E-state index contributed by atoms with van der Waals surface area (Å²) < 4.78 is 16.8. The number of alkyl halides is 2. The van der Waals surface area contributed by atoms with Gasteiger partial charge in [-0.05, 0) is 19.3 Å². The molecule has 0 amide bonds. The van der Waals surface area contributed by atoms with Crippen LogP contribution >= 0.6 is 23.2 Å². The maximum absolute atomic E-state index is 10.2. The Balaban J connectivity index is 2.17. The molecule has 2 aliphatic rings. The van der Waals surface area contributed by atoms with Crippen molar-refractivity contribution in [2.45, 2.75) is 81.3 Å². The predicted octanol–water partition coefficient (Wildman–Crippen LogP) is 0.179. The molecule has 9 atom stereocenters. The standard InChI is InChI=1S/C15H26Cl2O7/c1-6(2)4-8-9(17)11(19)12(20)14(22-8)24-15(5-16)13(21)10(18)7(3)23-15/h6-14,18-21H,4-5H2,1-3H3/t7-,8?,9+,10?,11+,12?,13-,14-,15+/m1/s1. The highest BCUT2D eigenvalue weighted by Crippen LogP contribution is 2.38. The van der Waals surface area contributed by atoms with Crippen LogP contribution in [0.3, 0.4) is 0 Å². The zero-order valence-corrected chi connectivity index (χ0v) is 15.4. The SMILES string of the molecule is CC(C)CC1O[C@H](O[C@]2(CCl)O[C@H](C)C(O)[C@H]2O)C(O)[C@@H](O)[C@H]1Cl. The van der Waals surface area contributed by atoms with Crippen molar-refractivity contribution < 1.29 is 34.6 Å². The van der Waals surface area contributed by atoms with Crippen LogP contribution in [0, 0.1) is 5.92 Å². The van der Waals surface area contributed by atoms with Crippen LogP contribution in [0.4, 0.5) is 0 Å². The van der Waals surface area contributed by atoms with Crippen LogP contribution in [0.5, 0.6) is 0 Å². The van der Waals surface area contributed by atoms with Gasteiger partial charge in [-0.2, -0.15) is 0 Å². The van der Waals surface area contributed by atoms with E-state index in [0.29, 0.717) is 6.42 Å². The number of aliphatic hydroxyl groups is 4.